The van der Waals surface area contributed by atoms with Gasteiger partial charge in [-0.15, -0.1) is 0 Å². The van der Waals surface area contributed by atoms with E-state index in [0.29, 0.717) is 30.2 Å². The van der Waals surface area contributed by atoms with Gasteiger partial charge in [-0.2, -0.15) is 4.98 Å². The zero-order valence-corrected chi connectivity index (χ0v) is 22.0. The molecule has 2 aromatic heterocycles. The summed E-state index contributed by atoms with van der Waals surface area (Å²) in [6, 6.07) is 9.97. The summed E-state index contributed by atoms with van der Waals surface area (Å²) in [6.45, 7) is 8.39. The SMILES string of the molecule is COc1nc2[nH]ccc2cc1C(=O)N[C@@H](C(=O)N1CC[C@](O)(c2ccc(Cl)cc2)C(C)(C)C1)C(C)C. The van der Waals surface area contributed by atoms with Gasteiger partial charge in [-0.05, 0) is 42.2 Å². The Hall–Kier alpha value is -3.10. The molecule has 1 saturated heterocycles. The maximum Gasteiger partial charge on any atom is 0.257 e. The Balaban J connectivity index is 1.54. The minimum atomic E-state index is -1.12. The highest BCUT2D eigenvalue weighted by Gasteiger charge is 2.50. The Morgan fingerprint density at radius 3 is 2.53 bits per heavy atom. The molecule has 0 aliphatic carbocycles. The second kappa shape index (κ2) is 9.75. The molecule has 8 nitrogen and oxygen atoms in total. The quantitative estimate of drug-likeness (QED) is 0.460. The Morgan fingerprint density at radius 2 is 1.92 bits per heavy atom. The average Bonchev–Trinajstić information content (AvgIpc) is 3.30. The van der Waals surface area contributed by atoms with Crippen LogP contribution in [0.3, 0.4) is 0 Å². The monoisotopic (exact) mass is 512 g/mol. The third kappa shape index (κ3) is 4.67. The normalized spacial score (nSPS) is 20.4. The van der Waals surface area contributed by atoms with Gasteiger partial charge < -0.3 is 25.0 Å². The van der Waals surface area contributed by atoms with Crippen LogP contribution in [-0.2, 0) is 10.4 Å². The number of aromatic nitrogens is 2. The van der Waals surface area contributed by atoms with Crippen LogP contribution in [0, 0.1) is 11.3 Å². The maximum atomic E-state index is 13.7. The summed E-state index contributed by atoms with van der Waals surface area (Å²) in [6.07, 6.45) is 2.11. The zero-order valence-electron chi connectivity index (χ0n) is 21.3. The molecule has 3 N–H and O–H groups in total. The average molecular weight is 513 g/mol. The van der Waals surface area contributed by atoms with Crippen molar-refractivity contribution in [2.75, 3.05) is 20.2 Å². The maximum absolute atomic E-state index is 13.7. The molecule has 0 unspecified atom stereocenters. The number of carbonyl (C=O) groups is 2. The molecular weight excluding hydrogens is 480 g/mol. The van der Waals surface area contributed by atoms with Gasteiger partial charge in [-0.1, -0.05) is 51.4 Å². The van der Waals surface area contributed by atoms with Crippen LogP contribution >= 0.6 is 11.6 Å². The van der Waals surface area contributed by atoms with Crippen molar-refractivity contribution >= 4 is 34.4 Å². The number of fused-ring (bicyclic) bond motifs is 1. The van der Waals surface area contributed by atoms with Crippen LogP contribution in [0.5, 0.6) is 5.88 Å². The van der Waals surface area contributed by atoms with Crippen molar-refractivity contribution in [1.29, 1.82) is 0 Å². The van der Waals surface area contributed by atoms with Gasteiger partial charge >= 0.3 is 0 Å². The molecule has 1 aliphatic heterocycles. The van der Waals surface area contributed by atoms with Crippen molar-refractivity contribution in [2.45, 2.75) is 45.8 Å². The Kier molecular flexibility index (Phi) is 7.03. The Bertz CT molecular complexity index is 1270. The molecule has 2 atom stereocenters. The molecule has 1 aromatic carbocycles. The fourth-order valence-corrected chi connectivity index (χ4v) is 5.11. The van der Waals surface area contributed by atoms with E-state index in [2.05, 4.69) is 15.3 Å². The first kappa shape index (κ1) is 26.0. The topological polar surface area (TPSA) is 108 Å². The number of rotatable bonds is 6. The largest absolute Gasteiger partial charge is 0.480 e. The fraction of sp³-hybridized carbons (Fsp3) is 0.444. The first-order chi connectivity index (χ1) is 17.0. The van der Waals surface area contributed by atoms with Gasteiger partial charge in [0.2, 0.25) is 11.8 Å². The molecule has 0 spiro atoms. The standard InChI is InChI=1S/C27H33ClN4O4/c1-16(2)21(30-23(33)20-14-17-10-12-29-22(17)31-24(20)36-5)25(34)32-13-11-27(35,26(3,4)15-32)18-6-8-19(28)9-7-18/h6-10,12,14,16,21,35H,11,13,15H2,1-5H3,(H,29,31)(H,30,33)/t21-,27+/m1/s1. The lowest BCUT2D eigenvalue weighted by molar-refractivity contribution is -0.155. The molecule has 192 valence electrons. The highest BCUT2D eigenvalue weighted by Crippen LogP contribution is 2.46. The number of benzene rings is 1. The number of nitrogens with zero attached hydrogens (tertiary/aromatic N) is 2. The van der Waals surface area contributed by atoms with Crippen molar-refractivity contribution < 1.29 is 19.4 Å². The van der Waals surface area contributed by atoms with Crippen molar-refractivity contribution in [1.82, 2.24) is 20.2 Å². The summed E-state index contributed by atoms with van der Waals surface area (Å²) in [5, 5.41) is 15.9. The number of piperidine rings is 1. The second-order valence-corrected chi connectivity index (χ2v) is 10.9. The molecular formula is C27H33ClN4O4. The lowest BCUT2D eigenvalue weighted by Crippen LogP contribution is -2.60. The number of H-pyrrole nitrogens is 1. The molecule has 4 rings (SSSR count). The molecule has 9 heteroatoms. The number of aromatic amines is 1. The summed E-state index contributed by atoms with van der Waals surface area (Å²) in [5.74, 6) is -0.580. The third-order valence-electron chi connectivity index (χ3n) is 7.24. The summed E-state index contributed by atoms with van der Waals surface area (Å²) in [5.41, 5.74) is -0.0944. The molecule has 0 saturated carbocycles. The van der Waals surface area contributed by atoms with Gasteiger partial charge in [0.1, 0.15) is 17.3 Å². The highest BCUT2D eigenvalue weighted by atomic mass is 35.5. The Morgan fingerprint density at radius 1 is 1.22 bits per heavy atom. The van der Waals surface area contributed by atoms with Crippen LogP contribution in [0.25, 0.3) is 11.0 Å². The van der Waals surface area contributed by atoms with E-state index in [4.69, 9.17) is 16.3 Å². The van der Waals surface area contributed by atoms with Crippen molar-refractivity contribution in [3.05, 3.63) is 58.7 Å². The molecule has 1 aliphatic rings. The molecule has 0 bridgehead atoms. The molecule has 3 aromatic rings. The van der Waals surface area contributed by atoms with Crippen LogP contribution in [-0.4, -0.2) is 58.0 Å². The van der Waals surface area contributed by atoms with Gasteiger partial charge in [0, 0.05) is 35.1 Å². The van der Waals surface area contributed by atoms with Gasteiger partial charge in [-0.25, -0.2) is 0 Å². The van der Waals surface area contributed by atoms with Crippen LogP contribution in [0.15, 0.2) is 42.6 Å². The van der Waals surface area contributed by atoms with E-state index in [9.17, 15) is 14.7 Å². The van der Waals surface area contributed by atoms with Crippen molar-refractivity contribution in [3.8, 4) is 5.88 Å². The summed E-state index contributed by atoms with van der Waals surface area (Å²) in [4.78, 5) is 36.0. The summed E-state index contributed by atoms with van der Waals surface area (Å²) < 4.78 is 5.34. The first-order valence-electron chi connectivity index (χ1n) is 12.1. The molecule has 1 fully saturated rings. The minimum absolute atomic E-state index is 0.156. The highest BCUT2D eigenvalue weighted by molar-refractivity contribution is 6.30. The number of ether oxygens (including phenoxy) is 1. The van der Waals surface area contributed by atoms with Crippen LogP contribution in [0.1, 0.15) is 50.0 Å². The second-order valence-electron chi connectivity index (χ2n) is 10.4. The summed E-state index contributed by atoms with van der Waals surface area (Å²) >= 11 is 6.04. The van der Waals surface area contributed by atoms with Gasteiger partial charge in [0.05, 0.1) is 12.7 Å². The zero-order chi connectivity index (χ0) is 26.3. The predicted molar refractivity (Wildman–Crippen MR) is 139 cm³/mol. The number of amides is 2. The minimum Gasteiger partial charge on any atom is -0.480 e. The van der Waals surface area contributed by atoms with Crippen LogP contribution in [0.4, 0.5) is 0 Å². The van der Waals surface area contributed by atoms with Crippen LogP contribution < -0.4 is 10.1 Å². The lowest BCUT2D eigenvalue weighted by Gasteiger charge is -2.51. The van der Waals surface area contributed by atoms with Gasteiger partial charge in [0.15, 0.2) is 0 Å². The van der Waals surface area contributed by atoms with Crippen molar-refractivity contribution in [3.63, 3.8) is 0 Å². The fourth-order valence-electron chi connectivity index (χ4n) is 4.98. The first-order valence-corrected chi connectivity index (χ1v) is 12.4. The third-order valence-corrected chi connectivity index (χ3v) is 7.49. The van der Waals surface area contributed by atoms with E-state index in [-0.39, 0.29) is 23.3 Å². The van der Waals surface area contributed by atoms with E-state index in [1.807, 2.05) is 45.9 Å². The number of nitrogens with one attached hydrogen (secondary N) is 2. The van der Waals surface area contributed by atoms with Gasteiger partial charge in [0.25, 0.3) is 5.91 Å². The number of hydrogen-bond acceptors (Lipinski definition) is 5. The van der Waals surface area contributed by atoms with E-state index < -0.39 is 23.0 Å². The van der Waals surface area contributed by atoms with E-state index in [1.54, 1.807) is 29.3 Å². The molecule has 0 radical (unpaired) electrons. The van der Waals surface area contributed by atoms with Gasteiger partial charge in [-0.3, -0.25) is 9.59 Å². The number of halogens is 1. The predicted octanol–water partition coefficient (Wildman–Crippen LogP) is 4.13. The summed E-state index contributed by atoms with van der Waals surface area (Å²) in [7, 11) is 1.45. The Labute approximate surface area is 216 Å². The lowest BCUT2D eigenvalue weighted by atomic mass is 9.66. The number of hydrogen-bond donors (Lipinski definition) is 3. The molecule has 3 heterocycles. The number of methoxy groups -OCH3 is 1. The number of aliphatic hydroxyl groups is 1. The van der Waals surface area contributed by atoms with E-state index in [0.717, 1.165) is 10.9 Å². The van der Waals surface area contributed by atoms with Crippen LogP contribution in [0.2, 0.25) is 5.02 Å². The van der Waals surface area contributed by atoms with E-state index >= 15 is 0 Å². The van der Waals surface area contributed by atoms with Crippen molar-refractivity contribution in [2.24, 2.45) is 11.3 Å². The number of carbonyl (C=O) groups excluding carboxylic acids is 2. The smallest absolute Gasteiger partial charge is 0.257 e. The number of pyridine rings is 1. The van der Waals surface area contributed by atoms with E-state index in [1.165, 1.54) is 7.11 Å². The number of likely N-dealkylation sites (tertiary alicyclic amines) is 1. The molecule has 36 heavy (non-hydrogen) atoms. The molecule has 2 amide bonds.